The summed E-state index contributed by atoms with van der Waals surface area (Å²) in [4.78, 5) is 4.31. The van der Waals surface area contributed by atoms with Crippen molar-refractivity contribution in [1.29, 1.82) is 0 Å². The van der Waals surface area contributed by atoms with Crippen molar-refractivity contribution < 1.29 is 4.39 Å². The average Bonchev–Trinajstić information content (AvgIpc) is 2.77. The zero-order valence-electron chi connectivity index (χ0n) is 10.7. The number of imidazole rings is 1. The molecule has 102 valence electrons. The van der Waals surface area contributed by atoms with Gasteiger partial charge in [0.15, 0.2) is 5.82 Å². The molecule has 1 heterocycles. The second-order valence-electron chi connectivity index (χ2n) is 4.59. The van der Waals surface area contributed by atoms with Gasteiger partial charge in [-0.3, -0.25) is 4.57 Å². The molecule has 0 spiro atoms. The van der Waals surface area contributed by atoms with E-state index in [1.807, 2.05) is 35.8 Å². The van der Waals surface area contributed by atoms with Gasteiger partial charge < -0.3 is 0 Å². The van der Waals surface area contributed by atoms with Crippen LogP contribution in [-0.2, 0) is 5.88 Å². The first-order valence-corrected chi connectivity index (χ1v) is 7.42. The summed E-state index contributed by atoms with van der Waals surface area (Å²) >= 11 is 9.45. The number of para-hydroxylation sites is 1. The molecule has 0 unspecified atom stereocenters. The fourth-order valence-corrected chi connectivity index (χ4v) is 3.11. The number of rotatable bonds is 2. The molecule has 0 amide bonds. The van der Waals surface area contributed by atoms with Gasteiger partial charge in [-0.1, -0.05) is 22.0 Å². The Morgan fingerprint density at radius 1 is 1.30 bits per heavy atom. The zero-order chi connectivity index (χ0) is 14.3. The van der Waals surface area contributed by atoms with Crippen molar-refractivity contribution in [2.24, 2.45) is 0 Å². The summed E-state index contributed by atoms with van der Waals surface area (Å²) in [6.07, 6.45) is 0. The number of hydrogen-bond donors (Lipinski definition) is 0. The number of halogens is 3. The minimum atomic E-state index is -0.334. The lowest BCUT2D eigenvalue weighted by Crippen LogP contribution is -1.99. The van der Waals surface area contributed by atoms with Crippen LogP contribution < -0.4 is 0 Å². The van der Waals surface area contributed by atoms with E-state index >= 15 is 0 Å². The second-order valence-corrected chi connectivity index (χ2v) is 5.77. The summed E-state index contributed by atoms with van der Waals surface area (Å²) in [5.41, 5.74) is 3.09. The molecule has 0 aliphatic carbocycles. The second kappa shape index (κ2) is 5.19. The molecule has 0 bridgehead atoms. The standard InChI is InChI=1S/C15H11BrClFN2/c1-9-5-10(16)7-11(6-9)20-13-4-2-3-12(18)15(13)19-14(20)8-17/h2-7H,8H2,1H3. The molecular weight excluding hydrogens is 343 g/mol. The maximum atomic E-state index is 13.9. The molecular formula is C15H11BrClFN2. The van der Waals surface area contributed by atoms with Crippen molar-refractivity contribution in [2.75, 3.05) is 0 Å². The smallest absolute Gasteiger partial charge is 0.151 e. The van der Waals surface area contributed by atoms with Crippen LogP contribution in [0.3, 0.4) is 0 Å². The number of aromatic nitrogens is 2. The van der Waals surface area contributed by atoms with Gasteiger partial charge in [-0.2, -0.15) is 0 Å². The quantitative estimate of drug-likeness (QED) is 0.594. The molecule has 0 saturated carbocycles. The number of nitrogens with zero attached hydrogens (tertiary/aromatic N) is 2. The van der Waals surface area contributed by atoms with Gasteiger partial charge in [-0.25, -0.2) is 9.37 Å². The first kappa shape index (κ1) is 13.6. The SMILES string of the molecule is Cc1cc(Br)cc(-n2c(CCl)nc3c(F)cccc32)c1. The third kappa shape index (κ3) is 2.23. The van der Waals surface area contributed by atoms with Crippen LogP contribution in [0.25, 0.3) is 16.7 Å². The Balaban J connectivity index is 2.37. The van der Waals surface area contributed by atoms with Crippen LogP contribution in [0.5, 0.6) is 0 Å². The lowest BCUT2D eigenvalue weighted by atomic mass is 10.2. The Kier molecular flexibility index (Phi) is 3.52. The maximum Gasteiger partial charge on any atom is 0.151 e. The predicted octanol–water partition coefficient (Wildman–Crippen LogP) is 4.97. The van der Waals surface area contributed by atoms with E-state index in [2.05, 4.69) is 20.9 Å². The largest absolute Gasteiger partial charge is 0.295 e. The van der Waals surface area contributed by atoms with E-state index in [0.717, 1.165) is 21.2 Å². The molecule has 2 nitrogen and oxygen atoms in total. The molecule has 0 aliphatic heterocycles. The predicted molar refractivity (Wildman–Crippen MR) is 83.0 cm³/mol. The van der Waals surface area contributed by atoms with Crippen LogP contribution in [0.4, 0.5) is 4.39 Å². The molecule has 0 fully saturated rings. The molecule has 5 heteroatoms. The minimum Gasteiger partial charge on any atom is -0.295 e. The fourth-order valence-electron chi connectivity index (χ4n) is 2.34. The first-order valence-electron chi connectivity index (χ1n) is 6.09. The summed E-state index contributed by atoms with van der Waals surface area (Å²) in [6.45, 7) is 2.01. The highest BCUT2D eigenvalue weighted by molar-refractivity contribution is 9.10. The van der Waals surface area contributed by atoms with Gasteiger partial charge in [0, 0.05) is 10.2 Å². The number of alkyl halides is 1. The van der Waals surface area contributed by atoms with Crippen LogP contribution in [0.2, 0.25) is 0 Å². The van der Waals surface area contributed by atoms with Gasteiger partial charge >= 0.3 is 0 Å². The maximum absolute atomic E-state index is 13.9. The molecule has 0 radical (unpaired) electrons. The van der Waals surface area contributed by atoms with E-state index in [-0.39, 0.29) is 11.7 Å². The number of fused-ring (bicyclic) bond motifs is 1. The summed E-state index contributed by atoms with van der Waals surface area (Å²) in [5.74, 6) is 0.517. The Hall–Kier alpha value is -1.39. The summed E-state index contributed by atoms with van der Waals surface area (Å²) in [6, 6.07) is 10.9. The van der Waals surface area contributed by atoms with Gasteiger partial charge in [0.25, 0.3) is 0 Å². The summed E-state index contributed by atoms with van der Waals surface area (Å²) in [5, 5.41) is 0. The topological polar surface area (TPSA) is 17.8 Å². The first-order chi connectivity index (χ1) is 9.60. The van der Waals surface area contributed by atoms with E-state index < -0.39 is 0 Å². The molecule has 20 heavy (non-hydrogen) atoms. The molecule has 2 aromatic carbocycles. The van der Waals surface area contributed by atoms with Gasteiger partial charge in [-0.05, 0) is 42.8 Å². The van der Waals surface area contributed by atoms with Crippen molar-refractivity contribution in [3.05, 3.63) is 58.1 Å². The molecule has 3 aromatic rings. The van der Waals surface area contributed by atoms with E-state index in [0.29, 0.717) is 11.3 Å². The van der Waals surface area contributed by atoms with Crippen molar-refractivity contribution >= 4 is 38.6 Å². The number of aryl methyl sites for hydroxylation is 1. The van der Waals surface area contributed by atoms with E-state index in [1.54, 1.807) is 6.07 Å². The van der Waals surface area contributed by atoms with Crippen molar-refractivity contribution in [3.63, 3.8) is 0 Å². The third-order valence-corrected chi connectivity index (χ3v) is 3.81. The third-order valence-electron chi connectivity index (χ3n) is 3.11. The lowest BCUT2D eigenvalue weighted by molar-refractivity contribution is 0.637. The minimum absolute atomic E-state index is 0.222. The monoisotopic (exact) mass is 352 g/mol. The molecule has 0 N–H and O–H groups in total. The normalized spacial score (nSPS) is 11.2. The summed E-state index contributed by atoms with van der Waals surface area (Å²) < 4.78 is 16.7. The molecule has 0 atom stereocenters. The highest BCUT2D eigenvalue weighted by Crippen LogP contribution is 2.27. The van der Waals surface area contributed by atoms with Crippen LogP contribution >= 0.6 is 27.5 Å². The Morgan fingerprint density at radius 2 is 2.10 bits per heavy atom. The average molecular weight is 354 g/mol. The van der Waals surface area contributed by atoms with Crippen molar-refractivity contribution in [1.82, 2.24) is 9.55 Å². The van der Waals surface area contributed by atoms with Gasteiger partial charge in [0.2, 0.25) is 0 Å². The zero-order valence-corrected chi connectivity index (χ0v) is 13.0. The highest BCUT2D eigenvalue weighted by atomic mass is 79.9. The fraction of sp³-hybridized carbons (Fsp3) is 0.133. The van der Waals surface area contributed by atoms with Gasteiger partial charge in [-0.15, -0.1) is 11.6 Å². The Bertz CT molecular complexity index is 778. The summed E-state index contributed by atoms with van der Waals surface area (Å²) in [7, 11) is 0. The van der Waals surface area contributed by atoms with Crippen LogP contribution in [0.1, 0.15) is 11.4 Å². The Morgan fingerprint density at radius 3 is 2.80 bits per heavy atom. The van der Waals surface area contributed by atoms with Crippen molar-refractivity contribution in [2.45, 2.75) is 12.8 Å². The van der Waals surface area contributed by atoms with Crippen LogP contribution in [0.15, 0.2) is 40.9 Å². The number of benzene rings is 2. The van der Waals surface area contributed by atoms with Crippen LogP contribution in [0, 0.1) is 12.7 Å². The Labute approximate surface area is 129 Å². The van der Waals surface area contributed by atoms with Gasteiger partial charge in [0.1, 0.15) is 11.3 Å². The molecule has 0 saturated heterocycles. The van der Waals surface area contributed by atoms with Crippen molar-refractivity contribution in [3.8, 4) is 5.69 Å². The highest BCUT2D eigenvalue weighted by Gasteiger charge is 2.14. The number of hydrogen-bond acceptors (Lipinski definition) is 1. The van der Waals surface area contributed by atoms with E-state index in [4.69, 9.17) is 11.6 Å². The molecule has 1 aromatic heterocycles. The van der Waals surface area contributed by atoms with Crippen LogP contribution in [-0.4, -0.2) is 9.55 Å². The van der Waals surface area contributed by atoms with Gasteiger partial charge in [0.05, 0.1) is 11.4 Å². The molecule has 3 rings (SSSR count). The molecule has 0 aliphatic rings. The van der Waals surface area contributed by atoms with E-state index in [1.165, 1.54) is 6.07 Å². The van der Waals surface area contributed by atoms with E-state index in [9.17, 15) is 4.39 Å². The lowest BCUT2D eigenvalue weighted by Gasteiger charge is -2.09.